The first-order valence-electron chi connectivity index (χ1n) is 12.0. The second-order valence-corrected chi connectivity index (χ2v) is 10.0. The first-order chi connectivity index (χ1) is 15.0. The van der Waals surface area contributed by atoms with Crippen LogP contribution in [0, 0.1) is 23.7 Å². The van der Waals surface area contributed by atoms with E-state index in [1.807, 2.05) is 25.6 Å². The summed E-state index contributed by atoms with van der Waals surface area (Å²) < 4.78 is 21.1. The monoisotopic (exact) mass is 435 g/mol. The number of fused-ring (bicyclic) bond motifs is 2. The predicted octanol–water partition coefficient (Wildman–Crippen LogP) is 3.09. The number of nitrogens with one attached hydrogen (secondary N) is 1. The number of nitrogens with zero attached hydrogens (tertiary/aromatic N) is 2. The highest BCUT2D eigenvalue weighted by Gasteiger charge is 2.69. The minimum Gasteiger partial charge on any atom is -0.351 e. The molecule has 8 atom stereocenters. The number of hydrogen-bond donors (Lipinski definition) is 1. The summed E-state index contributed by atoms with van der Waals surface area (Å²) in [4.78, 5) is 16.1. The maximum atomic E-state index is 6.45. The first-order valence-corrected chi connectivity index (χ1v) is 12.0. The summed E-state index contributed by atoms with van der Waals surface area (Å²) >= 11 is 0. The number of rotatable bonds is 8. The second kappa shape index (κ2) is 8.72. The highest BCUT2D eigenvalue weighted by Crippen LogP contribution is 2.60. The molecule has 1 N–H and O–H groups in total. The van der Waals surface area contributed by atoms with E-state index >= 15 is 0 Å². The second-order valence-electron chi connectivity index (χ2n) is 10.0. The van der Waals surface area contributed by atoms with Crippen molar-refractivity contribution in [2.75, 3.05) is 19.7 Å². The highest BCUT2D eigenvalue weighted by molar-refractivity contribution is 5.09. The van der Waals surface area contributed by atoms with Gasteiger partial charge < -0.3 is 24.1 Å². The lowest BCUT2D eigenvalue weighted by molar-refractivity contribution is -0.577. The molecular weight excluding hydrogens is 398 g/mol. The van der Waals surface area contributed by atoms with Crippen LogP contribution in [-0.2, 0) is 30.5 Å². The molecule has 5 heterocycles. The van der Waals surface area contributed by atoms with Crippen LogP contribution in [0.25, 0.3) is 0 Å². The molecule has 4 saturated heterocycles. The van der Waals surface area contributed by atoms with Crippen molar-refractivity contribution in [1.29, 1.82) is 0 Å². The van der Waals surface area contributed by atoms with Crippen molar-refractivity contribution in [1.82, 2.24) is 14.9 Å². The van der Waals surface area contributed by atoms with Crippen molar-refractivity contribution in [2.24, 2.45) is 23.7 Å². The molecule has 0 amide bonds. The number of imidazole rings is 1. The molecular formula is C23H37N3O5. The summed E-state index contributed by atoms with van der Waals surface area (Å²) in [6.07, 6.45) is 10.2. The van der Waals surface area contributed by atoms with Gasteiger partial charge in [-0.25, -0.2) is 14.8 Å². The van der Waals surface area contributed by atoms with E-state index in [0.717, 1.165) is 45.3 Å². The largest absolute Gasteiger partial charge is 0.351 e. The first kappa shape index (κ1) is 21.8. The summed E-state index contributed by atoms with van der Waals surface area (Å²) in [5.74, 6) is 0.761. The van der Waals surface area contributed by atoms with E-state index < -0.39 is 17.7 Å². The Bertz CT molecular complexity index is 733. The molecule has 5 fully saturated rings. The Balaban J connectivity index is 1.16. The van der Waals surface area contributed by atoms with Crippen LogP contribution in [0.4, 0.5) is 0 Å². The zero-order valence-electron chi connectivity index (χ0n) is 19.0. The van der Waals surface area contributed by atoms with Crippen molar-refractivity contribution in [3.05, 3.63) is 18.7 Å². The lowest BCUT2D eigenvalue weighted by Crippen LogP contribution is -2.70. The molecule has 0 radical (unpaired) electrons. The number of aryl methyl sites for hydroxylation is 1. The molecule has 0 aromatic carbocycles. The zero-order valence-corrected chi connectivity index (χ0v) is 19.0. The van der Waals surface area contributed by atoms with Crippen LogP contribution in [0.2, 0.25) is 0 Å². The summed E-state index contributed by atoms with van der Waals surface area (Å²) in [5.41, 5.74) is -0.515. The van der Waals surface area contributed by atoms with Crippen LogP contribution in [0.5, 0.6) is 0 Å². The smallest absolute Gasteiger partial charge is 0.201 e. The van der Waals surface area contributed by atoms with E-state index in [9.17, 15) is 0 Å². The Kier molecular flexibility index (Phi) is 6.13. The van der Waals surface area contributed by atoms with Crippen molar-refractivity contribution < 1.29 is 24.0 Å². The van der Waals surface area contributed by atoms with Gasteiger partial charge in [0, 0.05) is 43.7 Å². The molecule has 5 aliphatic rings. The predicted molar refractivity (Wildman–Crippen MR) is 112 cm³/mol. The molecule has 6 rings (SSSR count). The van der Waals surface area contributed by atoms with Crippen molar-refractivity contribution in [3.8, 4) is 0 Å². The SMILES string of the molecule is C[C@H]1[C@@H](OCCNCCCn2ccnc2)O[C@@H]2O[C@]3(C)CC[C@H]4[C@H](C)CC[C@@H]1[C@@]24OO3. The highest BCUT2D eigenvalue weighted by atomic mass is 17.3. The number of hydrogen-bond acceptors (Lipinski definition) is 7. The normalized spacial score (nSPS) is 44.1. The molecule has 8 nitrogen and oxygen atoms in total. The summed E-state index contributed by atoms with van der Waals surface area (Å²) in [6.45, 7) is 9.86. The molecule has 1 aliphatic carbocycles. The fourth-order valence-electron chi connectivity index (χ4n) is 6.24. The average Bonchev–Trinajstić information content (AvgIpc) is 3.17. The van der Waals surface area contributed by atoms with Gasteiger partial charge in [0.2, 0.25) is 5.79 Å². The van der Waals surface area contributed by atoms with Gasteiger partial charge in [0.1, 0.15) is 0 Å². The van der Waals surface area contributed by atoms with Crippen molar-refractivity contribution in [2.45, 2.75) is 83.4 Å². The van der Waals surface area contributed by atoms with Crippen LogP contribution in [0.15, 0.2) is 18.7 Å². The van der Waals surface area contributed by atoms with Crippen LogP contribution < -0.4 is 5.32 Å². The molecule has 1 saturated carbocycles. The summed E-state index contributed by atoms with van der Waals surface area (Å²) in [6, 6.07) is 0. The van der Waals surface area contributed by atoms with E-state index in [0.29, 0.717) is 24.4 Å². The van der Waals surface area contributed by atoms with Crippen LogP contribution in [0.3, 0.4) is 0 Å². The quantitative estimate of drug-likeness (QED) is 0.497. The molecule has 31 heavy (non-hydrogen) atoms. The Morgan fingerprint density at radius 2 is 2.06 bits per heavy atom. The molecule has 0 unspecified atom stereocenters. The molecule has 174 valence electrons. The molecule has 1 aromatic rings. The third-order valence-corrected chi connectivity index (χ3v) is 7.99. The van der Waals surface area contributed by atoms with E-state index in [1.54, 1.807) is 0 Å². The minimum atomic E-state index is -0.737. The lowest BCUT2D eigenvalue weighted by atomic mass is 9.58. The van der Waals surface area contributed by atoms with Gasteiger partial charge in [0.05, 0.1) is 12.9 Å². The van der Waals surface area contributed by atoms with Gasteiger partial charge in [0.15, 0.2) is 18.2 Å². The van der Waals surface area contributed by atoms with E-state index in [4.69, 9.17) is 24.0 Å². The maximum absolute atomic E-state index is 6.45. The zero-order chi connectivity index (χ0) is 21.5. The lowest BCUT2D eigenvalue weighted by Gasteiger charge is -2.60. The van der Waals surface area contributed by atoms with Crippen molar-refractivity contribution >= 4 is 0 Å². The summed E-state index contributed by atoms with van der Waals surface area (Å²) in [5, 5.41) is 3.46. The van der Waals surface area contributed by atoms with Crippen molar-refractivity contribution in [3.63, 3.8) is 0 Å². The number of ether oxygens (including phenoxy) is 3. The summed E-state index contributed by atoms with van der Waals surface area (Å²) in [7, 11) is 0. The average molecular weight is 436 g/mol. The Morgan fingerprint density at radius 3 is 2.90 bits per heavy atom. The van der Waals surface area contributed by atoms with Gasteiger partial charge in [-0.2, -0.15) is 0 Å². The van der Waals surface area contributed by atoms with E-state index in [1.165, 1.54) is 6.42 Å². The molecule has 2 bridgehead atoms. The fraction of sp³-hybridized carbons (Fsp3) is 0.870. The van der Waals surface area contributed by atoms with E-state index in [-0.39, 0.29) is 12.2 Å². The Hall–Kier alpha value is -1.03. The third-order valence-electron chi connectivity index (χ3n) is 7.99. The van der Waals surface area contributed by atoms with E-state index in [2.05, 4.69) is 28.7 Å². The van der Waals surface area contributed by atoms with Crippen LogP contribution in [0.1, 0.15) is 52.9 Å². The van der Waals surface area contributed by atoms with Gasteiger partial charge in [-0.15, -0.1) is 0 Å². The van der Waals surface area contributed by atoms with Gasteiger partial charge in [-0.3, -0.25) is 0 Å². The van der Waals surface area contributed by atoms with Gasteiger partial charge >= 0.3 is 0 Å². The van der Waals surface area contributed by atoms with Gasteiger partial charge in [-0.05, 0) is 51.0 Å². The Labute approximate surface area is 184 Å². The molecule has 1 aromatic heterocycles. The number of aromatic nitrogens is 2. The fourth-order valence-corrected chi connectivity index (χ4v) is 6.24. The van der Waals surface area contributed by atoms with Crippen LogP contribution in [-0.4, -0.2) is 53.2 Å². The third kappa shape index (κ3) is 3.96. The Morgan fingerprint density at radius 1 is 1.16 bits per heavy atom. The molecule has 1 spiro atoms. The standard InChI is InChI=1S/C23H37N3O5/c1-16-5-6-19-17(2)20(27-14-11-24-9-4-12-26-13-10-25-15-26)28-21-23(19)18(16)7-8-22(3,29-21)30-31-23/h10,13,15-21,24H,4-9,11-12,14H2,1-3H3/t16-,17-,18+,19+,20+,21-,22+,23-/m1/s1. The van der Waals surface area contributed by atoms with Crippen LogP contribution >= 0.6 is 0 Å². The maximum Gasteiger partial charge on any atom is 0.201 e. The molecule has 4 aliphatic heterocycles. The van der Waals surface area contributed by atoms with Gasteiger partial charge in [-0.1, -0.05) is 13.8 Å². The topological polar surface area (TPSA) is 76.0 Å². The molecule has 8 heteroatoms. The minimum absolute atomic E-state index is 0.224. The van der Waals surface area contributed by atoms with Gasteiger partial charge in [0.25, 0.3) is 0 Å².